The van der Waals surface area contributed by atoms with Crippen LogP contribution in [0.25, 0.3) is 11.5 Å². The smallest absolute Gasteiger partial charge is 0.247 e. The molecule has 5 heteroatoms. The van der Waals surface area contributed by atoms with Gasteiger partial charge in [-0.1, -0.05) is 18.2 Å². The summed E-state index contributed by atoms with van der Waals surface area (Å²) in [4.78, 5) is 2.33. The molecular formula is C16H18N4O. The summed E-state index contributed by atoms with van der Waals surface area (Å²) in [6, 6.07) is 12.0. The van der Waals surface area contributed by atoms with Crippen LogP contribution in [0.1, 0.15) is 31.1 Å². The lowest BCUT2D eigenvalue weighted by molar-refractivity contribution is 0.204. The second-order valence-corrected chi connectivity index (χ2v) is 5.34. The number of hydrogen-bond donors (Lipinski definition) is 0. The van der Waals surface area contributed by atoms with Crippen LogP contribution in [0, 0.1) is 11.3 Å². The van der Waals surface area contributed by atoms with E-state index in [-0.39, 0.29) is 0 Å². The Bertz CT molecular complexity index is 609. The van der Waals surface area contributed by atoms with Crippen LogP contribution in [0.4, 0.5) is 0 Å². The van der Waals surface area contributed by atoms with E-state index in [9.17, 15) is 0 Å². The van der Waals surface area contributed by atoms with E-state index >= 15 is 0 Å². The Morgan fingerprint density at radius 2 is 1.95 bits per heavy atom. The Balaban J connectivity index is 1.62. The molecule has 1 aromatic carbocycles. The van der Waals surface area contributed by atoms with Crippen molar-refractivity contribution in [2.75, 3.05) is 19.6 Å². The molecule has 0 atom stereocenters. The third-order valence-corrected chi connectivity index (χ3v) is 3.94. The summed E-state index contributed by atoms with van der Waals surface area (Å²) >= 11 is 0. The average molecular weight is 282 g/mol. The molecule has 1 aromatic heterocycles. The number of hydrogen-bond acceptors (Lipinski definition) is 5. The van der Waals surface area contributed by atoms with Gasteiger partial charge in [-0.2, -0.15) is 5.26 Å². The molecule has 0 amide bonds. The molecule has 0 aliphatic carbocycles. The third-order valence-electron chi connectivity index (χ3n) is 3.94. The van der Waals surface area contributed by atoms with Crippen molar-refractivity contribution >= 4 is 0 Å². The first-order valence-corrected chi connectivity index (χ1v) is 7.35. The van der Waals surface area contributed by atoms with Gasteiger partial charge in [-0.3, -0.25) is 0 Å². The van der Waals surface area contributed by atoms with Crippen molar-refractivity contribution in [2.24, 2.45) is 0 Å². The monoisotopic (exact) mass is 282 g/mol. The van der Waals surface area contributed by atoms with Gasteiger partial charge < -0.3 is 9.32 Å². The topological polar surface area (TPSA) is 66.0 Å². The fraction of sp³-hybridized carbons (Fsp3) is 0.438. The number of benzene rings is 1. The fourth-order valence-electron chi connectivity index (χ4n) is 2.71. The average Bonchev–Trinajstić information content (AvgIpc) is 3.04. The highest BCUT2D eigenvalue weighted by Crippen LogP contribution is 2.29. The van der Waals surface area contributed by atoms with E-state index < -0.39 is 0 Å². The molecule has 1 saturated heterocycles. The van der Waals surface area contributed by atoms with Gasteiger partial charge in [0.15, 0.2) is 0 Å². The van der Waals surface area contributed by atoms with E-state index in [0.717, 1.165) is 43.9 Å². The minimum atomic E-state index is 0.341. The van der Waals surface area contributed by atoms with Crippen LogP contribution < -0.4 is 0 Å². The maximum Gasteiger partial charge on any atom is 0.247 e. The van der Waals surface area contributed by atoms with Gasteiger partial charge in [0.05, 0.1) is 6.07 Å². The van der Waals surface area contributed by atoms with Crippen LogP contribution in [0.5, 0.6) is 0 Å². The second-order valence-electron chi connectivity index (χ2n) is 5.34. The van der Waals surface area contributed by atoms with Crippen molar-refractivity contribution in [3.05, 3.63) is 36.2 Å². The number of piperidine rings is 1. The van der Waals surface area contributed by atoms with Crippen molar-refractivity contribution in [1.82, 2.24) is 15.1 Å². The Morgan fingerprint density at radius 3 is 2.67 bits per heavy atom. The van der Waals surface area contributed by atoms with Gasteiger partial charge in [0, 0.05) is 24.4 Å². The van der Waals surface area contributed by atoms with Gasteiger partial charge in [-0.25, -0.2) is 0 Å². The molecule has 0 radical (unpaired) electrons. The van der Waals surface area contributed by atoms with Crippen LogP contribution in [0.3, 0.4) is 0 Å². The van der Waals surface area contributed by atoms with Crippen LogP contribution >= 0.6 is 0 Å². The summed E-state index contributed by atoms with van der Waals surface area (Å²) in [6.45, 7) is 2.85. The Morgan fingerprint density at radius 1 is 1.19 bits per heavy atom. The molecule has 108 valence electrons. The number of nitriles is 1. The van der Waals surface area contributed by atoms with E-state index in [1.54, 1.807) is 0 Å². The standard InChI is InChI=1S/C16H18N4O/c17-9-4-10-20-11-7-14(8-12-20)16-19-18-15(21-16)13-5-2-1-3-6-13/h1-3,5-6,14H,4,7-8,10-12H2. The first kappa shape index (κ1) is 13.8. The number of aromatic nitrogens is 2. The van der Waals surface area contributed by atoms with E-state index in [2.05, 4.69) is 21.2 Å². The van der Waals surface area contributed by atoms with Gasteiger partial charge >= 0.3 is 0 Å². The molecule has 2 heterocycles. The number of likely N-dealkylation sites (tertiary alicyclic amines) is 1. The molecule has 0 saturated carbocycles. The van der Waals surface area contributed by atoms with Gasteiger partial charge in [0.25, 0.3) is 0 Å². The lowest BCUT2D eigenvalue weighted by atomic mass is 9.97. The zero-order valence-electron chi connectivity index (χ0n) is 11.9. The van der Waals surface area contributed by atoms with Crippen molar-refractivity contribution < 1.29 is 4.42 Å². The summed E-state index contributed by atoms with van der Waals surface area (Å²) in [5.74, 6) is 1.68. The van der Waals surface area contributed by atoms with E-state index in [4.69, 9.17) is 9.68 Å². The fourth-order valence-corrected chi connectivity index (χ4v) is 2.71. The van der Waals surface area contributed by atoms with E-state index in [1.165, 1.54) is 0 Å². The molecule has 0 N–H and O–H groups in total. The SMILES string of the molecule is N#CCCN1CCC(c2nnc(-c3ccccc3)o2)CC1. The second kappa shape index (κ2) is 6.51. The molecule has 1 fully saturated rings. The Labute approximate surface area is 124 Å². The molecule has 1 aliphatic heterocycles. The minimum Gasteiger partial charge on any atom is -0.420 e. The Hall–Kier alpha value is -2.19. The predicted molar refractivity (Wildman–Crippen MR) is 78.4 cm³/mol. The molecule has 2 aromatic rings. The van der Waals surface area contributed by atoms with Gasteiger partial charge in [-0.15, -0.1) is 10.2 Å². The van der Waals surface area contributed by atoms with Crippen LogP contribution in [-0.4, -0.2) is 34.7 Å². The van der Waals surface area contributed by atoms with Crippen molar-refractivity contribution in [3.8, 4) is 17.5 Å². The summed E-state index contributed by atoms with van der Waals surface area (Å²) in [7, 11) is 0. The van der Waals surface area contributed by atoms with Gasteiger partial charge in [0.2, 0.25) is 11.8 Å². The molecule has 3 rings (SSSR count). The van der Waals surface area contributed by atoms with E-state index in [0.29, 0.717) is 18.2 Å². The van der Waals surface area contributed by atoms with Crippen molar-refractivity contribution in [3.63, 3.8) is 0 Å². The normalized spacial score (nSPS) is 16.7. The predicted octanol–water partition coefficient (Wildman–Crippen LogP) is 2.83. The molecule has 0 bridgehead atoms. The number of rotatable bonds is 4. The maximum atomic E-state index is 8.63. The number of nitrogens with zero attached hydrogens (tertiary/aromatic N) is 4. The minimum absolute atomic E-state index is 0.341. The van der Waals surface area contributed by atoms with Crippen LogP contribution in [0.2, 0.25) is 0 Å². The van der Waals surface area contributed by atoms with Gasteiger partial charge in [0.1, 0.15) is 0 Å². The summed E-state index contributed by atoms with van der Waals surface area (Å²) < 4.78 is 5.83. The van der Waals surface area contributed by atoms with Crippen molar-refractivity contribution in [2.45, 2.75) is 25.2 Å². The summed E-state index contributed by atoms with van der Waals surface area (Å²) in [5, 5.41) is 17.0. The molecule has 5 nitrogen and oxygen atoms in total. The molecule has 0 unspecified atom stereocenters. The highest BCUT2D eigenvalue weighted by molar-refractivity contribution is 5.51. The molecule has 1 aliphatic rings. The van der Waals surface area contributed by atoms with Crippen LogP contribution in [-0.2, 0) is 0 Å². The van der Waals surface area contributed by atoms with Crippen molar-refractivity contribution in [1.29, 1.82) is 5.26 Å². The summed E-state index contributed by atoms with van der Waals surface area (Å²) in [5.41, 5.74) is 0.961. The first-order chi connectivity index (χ1) is 10.4. The zero-order chi connectivity index (χ0) is 14.5. The lowest BCUT2D eigenvalue weighted by Gasteiger charge is -2.29. The lowest BCUT2D eigenvalue weighted by Crippen LogP contribution is -2.33. The largest absolute Gasteiger partial charge is 0.420 e. The highest BCUT2D eigenvalue weighted by Gasteiger charge is 2.24. The zero-order valence-corrected chi connectivity index (χ0v) is 11.9. The highest BCUT2D eigenvalue weighted by atomic mass is 16.4. The quantitative estimate of drug-likeness (QED) is 0.862. The molecule has 21 heavy (non-hydrogen) atoms. The maximum absolute atomic E-state index is 8.63. The molecule has 0 spiro atoms. The third kappa shape index (κ3) is 3.29. The Kier molecular flexibility index (Phi) is 4.27. The van der Waals surface area contributed by atoms with E-state index in [1.807, 2.05) is 30.3 Å². The summed E-state index contributed by atoms with van der Waals surface area (Å²) in [6.07, 6.45) is 2.63. The van der Waals surface area contributed by atoms with Crippen LogP contribution in [0.15, 0.2) is 34.7 Å². The van der Waals surface area contributed by atoms with Gasteiger partial charge in [-0.05, 0) is 38.1 Å². The molecular weight excluding hydrogens is 264 g/mol. The first-order valence-electron chi connectivity index (χ1n) is 7.35.